The molecule has 1 N–H and O–H groups in total. The summed E-state index contributed by atoms with van der Waals surface area (Å²) >= 11 is 1.57. The van der Waals surface area contributed by atoms with Crippen molar-refractivity contribution >= 4 is 17.2 Å². The predicted molar refractivity (Wildman–Crippen MR) is 110 cm³/mol. The van der Waals surface area contributed by atoms with E-state index in [9.17, 15) is 9.59 Å². The molecule has 1 amide bonds. The molecular weight excluding hydrogens is 388 g/mol. The molecule has 29 heavy (non-hydrogen) atoms. The first-order valence-electron chi connectivity index (χ1n) is 9.72. The fourth-order valence-electron chi connectivity index (χ4n) is 3.55. The van der Waals surface area contributed by atoms with Crippen LogP contribution in [0, 0.1) is 20.8 Å². The van der Waals surface area contributed by atoms with Gasteiger partial charge in [0.2, 0.25) is 0 Å². The van der Waals surface area contributed by atoms with Crippen molar-refractivity contribution in [2.75, 3.05) is 0 Å². The van der Waals surface area contributed by atoms with Crippen LogP contribution >= 0.6 is 11.3 Å². The van der Waals surface area contributed by atoms with Gasteiger partial charge in [-0.05, 0) is 45.2 Å². The van der Waals surface area contributed by atoms with Crippen molar-refractivity contribution in [3.8, 4) is 0 Å². The van der Waals surface area contributed by atoms with Crippen LogP contribution in [0.15, 0.2) is 22.4 Å². The third kappa shape index (κ3) is 4.14. The minimum Gasteiger partial charge on any atom is -0.349 e. The maximum atomic E-state index is 12.7. The van der Waals surface area contributed by atoms with Crippen molar-refractivity contribution in [2.45, 2.75) is 59.2 Å². The monoisotopic (exact) mass is 412 g/mol. The van der Waals surface area contributed by atoms with E-state index in [2.05, 4.69) is 20.4 Å². The van der Waals surface area contributed by atoms with Crippen LogP contribution in [-0.2, 0) is 19.5 Å². The zero-order valence-corrected chi connectivity index (χ0v) is 17.6. The average molecular weight is 413 g/mol. The molecule has 0 spiro atoms. The van der Waals surface area contributed by atoms with Crippen LogP contribution in [0.2, 0.25) is 0 Å². The minimum atomic E-state index is -0.124. The van der Waals surface area contributed by atoms with E-state index in [4.69, 9.17) is 0 Å². The standard InChI is InChI=1S/C20H24N6O2S/c1-12-8-15(9-21-13(12)2)19(27)23-16-4-5-18-24-26(20(28)25(18)7-6-16)10-17-11-29-14(3)22-17/h8-9,11,16H,4-7,10H2,1-3H3,(H,23,27). The highest BCUT2D eigenvalue weighted by Crippen LogP contribution is 2.14. The highest BCUT2D eigenvalue weighted by atomic mass is 32.1. The van der Waals surface area contributed by atoms with Crippen LogP contribution in [0.5, 0.6) is 0 Å². The molecule has 4 heterocycles. The van der Waals surface area contributed by atoms with Crippen LogP contribution in [-0.4, -0.2) is 36.3 Å². The second-order valence-electron chi connectivity index (χ2n) is 7.49. The highest BCUT2D eigenvalue weighted by molar-refractivity contribution is 7.09. The molecule has 1 aliphatic heterocycles. The van der Waals surface area contributed by atoms with E-state index < -0.39 is 0 Å². The molecule has 0 bridgehead atoms. The van der Waals surface area contributed by atoms with Crippen molar-refractivity contribution in [1.29, 1.82) is 0 Å². The van der Waals surface area contributed by atoms with E-state index in [0.29, 0.717) is 31.5 Å². The van der Waals surface area contributed by atoms with Gasteiger partial charge in [-0.15, -0.1) is 11.3 Å². The first-order valence-corrected chi connectivity index (χ1v) is 10.6. The molecule has 0 aromatic carbocycles. The van der Waals surface area contributed by atoms with E-state index >= 15 is 0 Å². The third-order valence-corrected chi connectivity index (χ3v) is 6.16. The van der Waals surface area contributed by atoms with Crippen molar-refractivity contribution in [1.82, 2.24) is 29.6 Å². The molecule has 3 aromatic rings. The molecular formula is C20H24N6O2S. The van der Waals surface area contributed by atoms with Gasteiger partial charge >= 0.3 is 5.69 Å². The summed E-state index contributed by atoms with van der Waals surface area (Å²) in [7, 11) is 0. The Balaban J connectivity index is 1.42. The lowest BCUT2D eigenvalue weighted by Gasteiger charge is -2.16. The summed E-state index contributed by atoms with van der Waals surface area (Å²) in [4.78, 5) is 34.0. The van der Waals surface area contributed by atoms with Crippen LogP contribution < -0.4 is 11.0 Å². The summed E-state index contributed by atoms with van der Waals surface area (Å²) in [6.07, 6.45) is 3.70. The summed E-state index contributed by atoms with van der Waals surface area (Å²) in [6, 6.07) is 1.86. The van der Waals surface area contributed by atoms with Crippen molar-refractivity contribution in [2.24, 2.45) is 0 Å². The molecule has 0 fully saturated rings. The number of rotatable bonds is 4. The summed E-state index contributed by atoms with van der Waals surface area (Å²) in [6.45, 7) is 6.75. The molecule has 1 aliphatic rings. The van der Waals surface area contributed by atoms with E-state index in [-0.39, 0.29) is 17.6 Å². The summed E-state index contributed by atoms with van der Waals surface area (Å²) in [5, 5.41) is 10.5. The summed E-state index contributed by atoms with van der Waals surface area (Å²) < 4.78 is 3.21. The lowest BCUT2D eigenvalue weighted by molar-refractivity contribution is 0.0932. The second kappa shape index (κ2) is 7.90. The van der Waals surface area contributed by atoms with E-state index in [1.807, 2.05) is 32.2 Å². The molecule has 9 heteroatoms. The molecule has 0 aliphatic carbocycles. The zero-order chi connectivity index (χ0) is 20.5. The number of fused-ring (bicyclic) bond motifs is 1. The van der Waals surface area contributed by atoms with Crippen molar-refractivity contribution < 1.29 is 4.79 Å². The van der Waals surface area contributed by atoms with Gasteiger partial charge in [0.25, 0.3) is 5.91 Å². The fraction of sp³-hybridized carbons (Fsp3) is 0.450. The van der Waals surface area contributed by atoms with Gasteiger partial charge in [-0.25, -0.2) is 14.5 Å². The average Bonchev–Trinajstić information content (AvgIpc) is 3.15. The van der Waals surface area contributed by atoms with Gasteiger partial charge in [-0.2, -0.15) is 5.10 Å². The van der Waals surface area contributed by atoms with E-state index in [0.717, 1.165) is 34.2 Å². The third-order valence-electron chi connectivity index (χ3n) is 5.33. The largest absolute Gasteiger partial charge is 0.349 e. The quantitative estimate of drug-likeness (QED) is 0.707. The Morgan fingerprint density at radius 3 is 2.86 bits per heavy atom. The fourth-order valence-corrected chi connectivity index (χ4v) is 4.15. The molecule has 0 saturated carbocycles. The molecule has 4 rings (SSSR count). The number of nitrogens with one attached hydrogen (secondary N) is 1. The molecule has 1 atom stereocenters. The Morgan fingerprint density at radius 2 is 2.14 bits per heavy atom. The first-order chi connectivity index (χ1) is 13.9. The Hall–Kier alpha value is -2.81. The Bertz CT molecular complexity index is 1110. The number of hydrogen-bond donors (Lipinski definition) is 1. The SMILES string of the molecule is Cc1nc(Cn2nc3n(c2=O)CCC(NC(=O)c2cnc(C)c(C)c2)CC3)cs1. The minimum absolute atomic E-state index is 0.000140. The number of amides is 1. The van der Waals surface area contributed by atoms with Crippen molar-refractivity contribution in [3.63, 3.8) is 0 Å². The van der Waals surface area contributed by atoms with Gasteiger partial charge < -0.3 is 5.32 Å². The number of thiazole rings is 1. The van der Waals surface area contributed by atoms with Crippen molar-refractivity contribution in [3.05, 3.63) is 61.5 Å². The van der Waals surface area contributed by atoms with Gasteiger partial charge in [0.15, 0.2) is 0 Å². The normalized spacial score (nSPS) is 16.3. The summed E-state index contributed by atoms with van der Waals surface area (Å²) in [5.41, 5.74) is 3.22. The van der Waals surface area contributed by atoms with Gasteiger partial charge in [0.1, 0.15) is 5.82 Å². The van der Waals surface area contributed by atoms with Gasteiger partial charge in [-0.3, -0.25) is 14.3 Å². The number of aromatic nitrogens is 5. The molecule has 3 aromatic heterocycles. The Kier molecular flexibility index (Phi) is 5.31. The lowest BCUT2D eigenvalue weighted by Crippen LogP contribution is -2.36. The smallest absolute Gasteiger partial charge is 0.346 e. The van der Waals surface area contributed by atoms with E-state index in [1.165, 1.54) is 4.68 Å². The van der Waals surface area contributed by atoms with Crippen LogP contribution in [0.1, 0.15) is 51.0 Å². The first kappa shape index (κ1) is 19.5. The molecule has 8 nitrogen and oxygen atoms in total. The zero-order valence-electron chi connectivity index (χ0n) is 16.8. The second-order valence-corrected chi connectivity index (χ2v) is 8.55. The number of aryl methyl sites for hydroxylation is 4. The maximum absolute atomic E-state index is 12.7. The Labute approximate surface area is 172 Å². The topological polar surface area (TPSA) is 94.7 Å². The van der Waals surface area contributed by atoms with Gasteiger partial charge in [0, 0.05) is 36.3 Å². The van der Waals surface area contributed by atoms with Crippen LogP contribution in [0.3, 0.4) is 0 Å². The molecule has 152 valence electrons. The van der Waals surface area contributed by atoms with Gasteiger partial charge in [-0.1, -0.05) is 0 Å². The number of nitrogens with zero attached hydrogens (tertiary/aromatic N) is 5. The molecule has 1 unspecified atom stereocenters. The molecule has 0 saturated heterocycles. The Morgan fingerprint density at radius 1 is 1.31 bits per heavy atom. The lowest BCUT2D eigenvalue weighted by atomic mass is 10.1. The number of hydrogen-bond acceptors (Lipinski definition) is 6. The number of pyridine rings is 1. The molecule has 0 radical (unpaired) electrons. The maximum Gasteiger partial charge on any atom is 0.346 e. The number of carbonyl (C=O) groups is 1. The van der Waals surface area contributed by atoms with E-state index in [1.54, 1.807) is 22.1 Å². The van der Waals surface area contributed by atoms with Crippen LogP contribution in [0.4, 0.5) is 0 Å². The van der Waals surface area contributed by atoms with Crippen LogP contribution in [0.25, 0.3) is 0 Å². The predicted octanol–water partition coefficient (Wildman–Crippen LogP) is 2.00. The summed E-state index contributed by atoms with van der Waals surface area (Å²) in [5.74, 6) is 0.646. The number of carbonyl (C=O) groups excluding carboxylic acids is 1. The van der Waals surface area contributed by atoms with Gasteiger partial charge in [0.05, 0.1) is 22.8 Å². The highest BCUT2D eigenvalue weighted by Gasteiger charge is 2.23.